The number of nitrogens with two attached hydrogens (primary N) is 1. The van der Waals surface area contributed by atoms with Crippen LogP contribution in [0, 0.1) is 12.3 Å². The van der Waals surface area contributed by atoms with Gasteiger partial charge in [-0.15, -0.1) is 0 Å². The van der Waals surface area contributed by atoms with E-state index in [0.29, 0.717) is 12.1 Å². The van der Waals surface area contributed by atoms with E-state index in [4.69, 9.17) is 10.5 Å². The van der Waals surface area contributed by atoms with Crippen LogP contribution in [0.1, 0.15) is 32.9 Å². The lowest BCUT2D eigenvalue weighted by atomic mass is 9.64. The van der Waals surface area contributed by atoms with Crippen molar-refractivity contribution < 1.29 is 4.74 Å². The summed E-state index contributed by atoms with van der Waals surface area (Å²) in [5, 5.41) is 3.48. The predicted molar refractivity (Wildman–Crippen MR) is 74.6 cm³/mol. The fraction of sp³-hybridized carbons (Fsp3) is 0.643. The first-order valence-corrected chi connectivity index (χ1v) is 6.56. The maximum atomic E-state index is 5.77. The summed E-state index contributed by atoms with van der Waals surface area (Å²) < 4.78 is 5.72. The van der Waals surface area contributed by atoms with Crippen molar-refractivity contribution in [1.29, 1.82) is 0 Å². The normalized spacial score (nSPS) is 25.6. The number of hydrogen-bond donors (Lipinski definition) is 2. The van der Waals surface area contributed by atoms with Gasteiger partial charge in [0.25, 0.3) is 0 Å². The third kappa shape index (κ3) is 2.29. The van der Waals surface area contributed by atoms with Crippen molar-refractivity contribution in [3.8, 4) is 0 Å². The van der Waals surface area contributed by atoms with Crippen molar-refractivity contribution in [3.05, 3.63) is 17.8 Å². The standard InChI is InChI=1S/C14H23N3O/c1-5-18-12-8-11(14(12,3)4)17-13-7-6-10(15)9(2)16-13/h6-7,11-12H,5,8,15H2,1-4H3,(H,16,17). The summed E-state index contributed by atoms with van der Waals surface area (Å²) in [6, 6.07) is 4.24. The first kappa shape index (κ1) is 13.1. The van der Waals surface area contributed by atoms with E-state index in [1.54, 1.807) is 0 Å². The number of hydrogen-bond acceptors (Lipinski definition) is 4. The van der Waals surface area contributed by atoms with Crippen LogP contribution in [0.5, 0.6) is 0 Å². The highest BCUT2D eigenvalue weighted by molar-refractivity contribution is 5.49. The predicted octanol–water partition coefficient (Wildman–Crippen LogP) is 2.59. The van der Waals surface area contributed by atoms with Crippen LogP contribution in [-0.2, 0) is 4.74 Å². The molecule has 1 heterocycles. The summed E-state index contributed by atoms with van der Waals surface area (Å²) in [6.45, 7) is 9.22. The molecule has 1 fully saturated rings. The highest BCUT2D eigenvalue weighted by Gasteiger charge is 2.48. The van der Waals surface area contributed by atoms with Crippen LogP contribution >= 0.6 is 0 Å². The second kappa shape index (κ2) is 4.76. The zero-order valence-corrected chi connectivity index (χ0v) is 11.7. The van der Waals surface area contributed by atoms with Crippen molar-refractivity contribution in [3.63, 3.8) is 0 Å². The van der Waals surface area contributed by atoms with Gasteiger partial charge in [0.2, 0.25) is 0 Å². The Kier molecular flexibility index (Phi) is 3.48. The molecule has 0 aromatic carbocycles. The van der Waals surface area contributed by atoms with Gasteiger partial charge < -0.3 is 15.8 Å². The van der Waals surface area contributed by atoms with Gasteiger partial charge in [0, 0.05) is 18.1 Å². The molecule has 0 aliphatic heterocycles. The van der Waals surface area contributed by atoms with Crippen LogP contribution in [0.4, 0.5) is 11.5 Å². The topological polar surface area (TPSA) is 60.2 Å². The second-order valence-corrected chi connectivity index (χ2v) is 5.57. The van der Waals surface area contributed by atoms with Gasteiger partial charge in [0.1, 0.15) is 5.82 Å². The van der Waals surface area contributed by atoms with Crippen molar-refractivity contribution in [1.82, 2.24) is 4.98 Å². The van der Waals surface area contributed by atoms with Crippen molar-refractivity contribution in [2.75, 3.05) is 17.7 Å². The van der Waals surface area contributed by atoms with E-state index in [1.165, 1.54) is 0 Å². The highest BCUT2D eigenvalue weighted by atomic mass is 16.5. The molecular weight excluding hydrogens is 226 g/mol. The van der Waals surface area contributed by atoms with E-state index in [0.717, 1.165) is 30.2 Å². The van der Waals surface area contributed by atoms with Crippen LogP contribution in [0.25, 0.3) is 0 Å². The Hall–Kier alpha value is -1.29. The molecule has 100 valence electrons. The molecule has 1 aliphatic rings. The molecule has 0 spiro atoms. The molecule has 2 unspecified atom stereocenters. The quantitative estimate of drug-likeness (QED) is 0.861. The molecule has 0 radical (unpaired) electrons. The van der Waals surface area contributed by atoms with Crippen LogP contribution in [0.2, 0.25) is 0 Å². The summed E-state index contributed by atoms with van der Waals surface area (Å²) in [5.41, 5.74) is 7.53. The largest absolute Gasteiger partial charge is 0.397 e. The molecule has 2 rings (SSSR count). The number of pyridine rings is 1. The Morgan fingerprint density at radius 1 is 1.50 bits per heavy atom. The summed E-state index contributed by atoms with van der Waals surface area (Å²) in [4.78, 5) is 4.45. The zero-order valence-electron chi connectivity index (χ0n) is 11.7. The maximum Gasteiger partial charge on any atom is 0.126 e. The Morgan fingerprint density at radius 3 is 2.78 bits per heavy atom. The number of ether oxygens (including phenoxy) is 1. The molecule has 4 heteroatoms. The number of nitrogens with one attached hydrogen (secondary N) is 1. The Balaban J connectivity index is 2.01. The van der Waals surface area contributed by atoms with Gasteiger partial charge in [0.15, 0.2) is 0 Å². The lowest BCUT2D eigenvalue weighted by molar-refractivity contribution is -0.0976. The van der Waals surface area contributed by atoms with Crippen molar-refractivity contribution in [2.45, 2.75) is 46.3 Å². The summed E-state index contributed by atoms with van der Waals surface area (Å²) in [7, 11) is 0. The average molecular weight is 249 g/mol. The van der Waals surface area contributed by atoms with E-state index in [1.807, 2.05) is 26.0 Å². The summed E-state index contributed by atoms with van der Waals surface area (Å²) >= 11 is 0. The molecule has 1 aromatic rings. The van der Waals surface area contributed by atoms with Crippen molar-refractivity contribution in [2.24, 2.45) is 5.41 Å². The third-order valence-corrected chi connectivity index (χ3v) is 3.99. The Morgan fingerprint density at radius 2 is 2.22 bits per heavy atom. The third-order valence-electron chi connectivity index (χ3n) is 3.99. The Labute approximate surface area is 109 Å². The molecule has 2 atom stereocenters. The lowest BCUT2D eigenvalue weighted by Gasteiger charge is -2.51. The molecule has 0 bridgehead atoms. The number of aromatic nitrogens is 1. The molecule has 0 amide bonds. The van der Waals surface area contributed by atoms with E-state index < -0.39 is 0 Å². The molecule has 1 aromatic heterocycles. The van der Waals surface area contributed by atoms with Gasteiger partial charge in [-0.3, -0.25) is 0 Å². The molecule has 0 saturated heterocycles. The Bertz CT molecular complexity index is 431. The van der Waals surface area contributed by atoms with Gasteiger partial charge in [-0.05, 0) is 32.4 Å². The van der Waals surface area contributed by atoms with Crippen LogP contribution in [0.3, 0.4) is 0 Å². The fourth-order valence-electron chi connectivity index (χ4n) is 2.45. The smallest absolute Gasteiger partial charge is 0.126 e. The van der Waals surface area contributed by atoms with E-state index in [9.17, 15) is 0 Å². The minimum absolute atomic E-state index is 0.146. The molecule has 1 saturated carbocycles. The van der Waals surface area contributed by atoms with E-state index in [-0.39, 0.29) is 5.41 Å². The first-order valence-electron chi connectivity index (χ1n) is 6.56. The van der Waals surface area contributed by atoms with Crippen LogP contribution in [-0.4, -0.2) is 23.7 Å². The van der Waals surface area contributed by atoms with Gasteiger partial charge in [-0.1, -0.05) is 13.8 Å². The number of nitrogen functional groups attached to an aromatic ring is 1. The number of aryl methyl sites for hydroxylation is 1. The average Bonchev–Trinajstić information content (AvgIpc) is 2.32. The molecule has 3 N–H and O–H groups in total. The first-order chi connectivity index (χ1) is 8.45. The summed E-state index contributed by atoms with van der Waals surface area (Å²) in [6.07, 6.45) is 1.38. The van der Waals surface area contributed by atoms with Gasteiger partial charge in [0.05, 0.1) is 17.5 Å². The minimum atomic E-state index is 0.146. The monoisotopic (exact) mass is 249 g/mol. The SMILES string of the molecule is CCOC1CC(Nc2ccc(N)c(C)n2)C1(C)C. The second-order valence-electron chi connectivity index (χ2n) is 5.57. The molecule has 1 aliphatic carbocycles. The highest BCUT2D eigenvalue weighted by Crippen LogP contribution is 2.44. The van der Waals surface area contributed by atoms with Crippen LogP contribution in [0.15, 0.2) is 12.1 Å². The summed E-state index contributed by atoms with van der Waals surface area (Å²) in [5.74, 6) is 0.898. The number of rotatable bonds is 4. The van der Waals surface area contributed by atoms with E-state index in [2.05, 4.69) is 24.1 Å². The van der Waals surface area contributed by atoms with Crippen LogP contribution < -0.4 is 11.1 Å². The lowest BCUT2D eigenvalue weighted by Crippen LogP contribution is -2.58. The van der Waals surface area contributed by atoms with Gasteiger partial charge in [-0.25, -0.2) is 4.98 Å². The van der Waals surface area contributed by atoms with E-state index >= 15 is 0 Å². The molecule has 4 nitrogen and oxygen atoms in total. The molecule has 18 heavy (non-hydrogen) atoms. The molecular formula is C14H23N3O. The number of nitrogens with zero attached hydrogens (tertiary/aromatic N) is 1. The fourth-order valence-corrected chi connectivity index (χ4v) is 2.45. The minimum Gasteiger partial charge on any atom is -0.397 e. The van der Waals surface area contributed by atoms with Gasteiger partial charge in [-0.2, -0.15) is 0 Å². The number of anilines is 2. The van der Waals surface area contributed by atoms with Crippen molar-refractivity contribution >= 4 is 11.5 Å². The zero-order chi connectivity index (χ0) is 13.3. The van der Waals surface area contributed by atoms with Gasteiger partial charge >= 0.3 is 0 Å². The maximum absolute atomic E-state index is 5.77.